The first-order valence-electron chi connectivity index (χ1n) is 6.10. The molecule has 2 N–H and O–H groups in total. The van der Waals surface area contributed by atoms with E-state index in [1.807, 2.05) is 20.8 Å². The summed E-state index contributed by atoms with van der Waals surface area (Å²) in [6, 6.07) is 0. The van der Waals surface area contributed by atoms with Crippen LogP contribution in [0.15, 0.2) is 0 Å². The van der Waals surface area contributed by atoms with Gasteiger partial charge in [0.2, 0.25) is 5.91 Å². The molecule has 17 heavy (non-hydrogen) atoms. The zero-order chi connectivity index (χ0) is 13.3. The summed E-state index contributed by atoms with van der Waals surface area (Å²) in [5.74, 6) is -1.12. The summed E-state index contributed by atoms with van der Waals surface area (Å²) in [4.78, 5) is 22.6. The molecule has 0 atom stereocenters. The monoisotopic (exact) mass is 245 g/mol. The van der Waals surface area contributed by atoms with Crippen molar-refractivity contribution >= 4 is 11.9 Å². The fourth-order valence-corrected chi connectivity index (χ4v) is 1.51. The highest BCUT2D eigenvalue weighted by Gasteiger charge is 2.34. The van der Waals surface area contributed by atoms with E-state index in [0.29, 0.717) is 19.4 Å². The van der Waals surface area contributed by atoms with Crippen molar-refractivity contribution in [1.82, 2.24) is 5.32 Å². The van der Waals surface area contributed by atoms with Gasteiger partial charge in [0.25, 0.3) is 0 Å². The van der Waals surface area contributed by atoms with Crippen molar-refractivity contribution < 1.29 is 19.4 Å². The largest absolute Gasteiger partial charge is 0.481 e. The number of carboxylic acids is 1. The lowest BCUT2D eigenvalue weighted by molar-refractivity contribution is -0.149. The molecular formula is C12H23NO4. The van der Waals surface area contributed by atoms with E-state index in [-0.39, 0.29) is 19.1 Å². The topological polar surface area (TPSA) is 75.6 Å². The predicted octanol–water partition coefficient (Wildman–Crippen LogP) is 1.42. The van der Waals surface area contributed by atoms with Gasteiger partial charge in [-0.1, -0.05) is 20.8 Å². The molecule has 0 aromatic carbocycles. The zero-order valence-corrected chi connectivity index (χ0v) is 10.9. The standard InChI is InChI=1S/C12H23NO4/c1-4-7-17-8-10(14)13-9-12(5-2,6-3)11(15)16/h4-9H2,1-3H3,(H,13,14)(H,15,16). The molecule has 0 saturated heterocycles. The fraction of sp³-hybridized carbons (Fsp3) is 0.833. The van der Waals surface area contributed by atoms with Crippen LogP contribution in [0.2, 0.25) is 0 Å². The number of rotatable bonds is 9. The summed E-state index contributed by atoms with van der Waals surface area (Å²) in [6.07, 6.45) is 1.85. The molecule has 0 aliphatic carbocycles. The third kappa shape index (κ3) is 5.17. The normalized spacial score (nSPS) is 11.2. The van der Waals surface area contributed by atoms with Gasteiger partial charge in [0.1, 0.15) is 6.61 Å². The van der Waals surface area contributed by atoms with Gasteiger partial charge in [-0.3, -0.25) is 9.59 Å². The highest BCUT2D eigenvalue weighted by molar-refractivity contribution is 5.79. The summed E-state index contributed by atoms with van der Waals surface area (Å²) in [5, 5.41) is 11.8. The van der Waals surface area contributed by atoms with E-state index in [0.717, 1.165) is 6.42 Å². The Balaban J connectivity index is 4.13. The fourth-order valence-electron chi connectivity index (χ4n) is 1.51. The number of carbonyl (C=O) groups is 2. The van der Waals surface area contributed by atoms with E-state index in [4.69, 9.17) is 9.84 Å². The quantitative estimate of drug-likeness (QED) is 0.602. The molecule has 0 aliphatic rings. The molecule has 0 rings (SSSR count). The Bertz CT molecular complexity index is 249. The lowest BCUT2D eigenvalue weighted by Crippen LogP contribution is -2.43. The summed E-state index contributed by atoms with van der Waals surface area (Å²) >= 11 is 0. The minimum Gasteiger partial charge on any atom is -0.481 e. The minimum absolute atomic E-state index is 0.00301. The van der Waals surface area contributed by atoms with Crippen LogP contribution in [-0.4, -0.2) is 36.7 Å². The molecule has 0 aromatic heterocycles. The Kier molecular flexibility index (Phi) is 7.54. The van der Waals surface area contributed by atoms with Crippen LogP contribution in [-0.2, 0) is 14.3 Å². The maximum atomic E-state index is 11.4. The molecule has 0 fully saturated rings. The SMILES string of the molecule is CCCOCC(=O)NCC(CC)(CC)C(=O)O. The Labute approximate surface area is 103 Å². The van der Waals surface area contributed by atoms with Gasteiger partial charge in [-0.2, -0.15) is 0 Å². The molecular weight excluding hydrogens is 222 g/mol. The summed E-state index contributed by atoms with van der Waals surface area (Å²) in [7, 11) is 0. The second kappa shape index (κ2) is 8.06. The zero-order valence-electron chi connectivity index (χ0n) is 10.9. The molecule has 5 nitrogen and oxygen atoms in total. The number of nitrogens with one attached hydrogen (secondary N) is 1. The third-order valence-electron chi connectivity index (χ3n) is 3.01. The van der Waals surface area contributed by atoms with Crippen molar-refractivity contribution in [1.29, 1.82) is 0 Å². The van der Waals surface area contributed by atoms with Crippen LogP contribution in [0.5, 0.6) is 0 Å². The third-order valence-corrected chi connectivity index (χ3v) is 3.01. The van der Waals surface area contributed by atoms with Gasteiger partial charge in [-0.15, -0.1) is 0 Å². The molecule has 0 radical (unpaired) electrons. The summed E-state index contributed by atoms with van der Waals surface area (Å²) in [5.41, 5.74) is -0.861. The second-order valence-electron chi connectivity index (χ2n) is 4.12. The second-order valence-corrected chi connectivity index (χ2v) is 4.12. The van der Waals surface area contributed by atoms with Crippen molar-refractivity contribution in [2.45, 2.75) is 40.0 Å². The lowest BCUT2D eigenvalue weighted by atomic mass is 9.82. The first kappa shape index (κ1) is 15.9. The average molecular weight is 245 g/mol. The molecule has 0 aromatic rings. The number of hydrogen-bond donors (Lipinski definition) is 2. The van der Waals surface area contributed by atoms with Crippen LogP contribution in [0.1, 0.15) is 40.0 Å². The van der Waals surface area contributed by atoms with Crippen molar-refractivity contribution in [3.05, 3.63) is 0 Å². The number of aliphatic carboxylic acids is 1. The molecule has 0 bridgehead atoms. The predicted molar refractivity (Wildman–Crippen MR) is 64.8 cm³/mol. The van der Waals surface area contributed by atoms with E-state index in [1.54, 1.807) is 0 Å². The first-order chi connectivity index (χ1) is 8.02. The Morgan fingerprint density at radius 3 is 2.24 bits per heavy atom. The van der Waals surface area contributed by atoms with E-state index < -0.39 is 11.4 Å². The number of carbonyl (C=O) groups excluding carboxylic acids is 1. The maximum Gasteiger partial charge on any atom is 0.311 e. The van der Waals surface area contributed by atoms with E-state index in [2.05, 4.69) is 5.32 Å². The van der Waals surface area contributed by atoms with Gasteiger partial charge in [-0.25, -0.2) is 0 Å². The molecule has 0 heterocycles. The molecule has 0 spiro atoms. The van der Waals surface area contributed by atoms with Gasteiger partial charge in [0, 0.05) is 13.2 Å². The van der Waals surface area contributed by atoms with Crippen molar-refractivity contribution in [2.24, 2.45) is 5.41 Å². The number of carboxylic acid groups (broad SMARTS) is 1. The molecule has 1 amide bonds. The molecule has 0 aliphatic heterocycles. The number of ether oxygens (including phenoxy) is 1. The van der Waals surface area contributed by atoms with Gasteiger partial charge >= 0.3 is 5.97 Å². The van der Waals surface area contributed by atoms with Gasteiger partial charge in [-0.05, 0) is 19.3 Å². The van der Waals surface area contributed by atoms with E-state index >= 15 is 0 Å². The summed E-state index contributed by atoms with van der Waals surface area (Å²) in [6.45, 7) is 6.29. The van der Waals surface area contributed by atoms with Crippen LogP contribution >= 0.6 is 0 Å². The first-order valence-corrected chi connectivity index (χ1v) is 6.10. The van der Waals surface area contributed by atoms with E-state index in [9.17, 15) is 9.59 Å². The Morgan fingerprint density at radius 2 is 1.82 bits per heavy atom. The smallest absolute Gasteiger partial charge is 0.311 e. The number of hydrogen-bond acceptors (Lipinski definition) is 3. The van der Waals surface area contributed by atoms with Gasteiger partial charge < -0.3 is 15.2 Å². The molecule has 100 valence electrons. The van der Waals surface area contributed by atoms with Gasteiger partial charge in [0.05, 0.1) is 5.41 Å². The number of amides is 1. The highest BCUT2D eigenvalue weighted by atomic mass is 16.5. The maximum absolute atomic E-state index is 11.4. The van der Waals surface area contributed by atoms with Crippen LogP contribution in [0.3, 0.4) is 0 Å². The molecule has 5 heteroatoms. The molecule has 0 unspecified atom stereocenters. The lowest BCUT2D eigenvalue weighted by Gasteiger charge is -2.26. The van der Waals surface area contributed by atoms with Crippen molar-refractivity contribution in [3.63, 3.8) is 0 Å². The average Bonchev–Trinajstić information content (AvgIpc) is 2.31. The van der Waals surface area contributed by atoms with E-state index in [1.165, 1.54) is 0 Å². The van der Waals surface area contributed by atoms with Crippen molar-refractivity contribution in [3.8, 4) is 0 Å². The van der Waals surface area contributed by atoms with Crippen molar-refractivity contribution in [2.75, 3.05) is 19.8 Å². The van der Waals surface area contributed by atoms with Crippen LogP contribution in [0.4, 0.5) is 0 Å². The van der Waals surface area contributed by atoms with Crippen LogP contribution in [0.25, 0.3) is 0 Å². The molecule has 0 saturated carbocycles. The van der Waals surface area contributed by atoms with Crippen LogP contribution < -0.4 is 5.32 Å². The van der Waals surface area contributed by atoms with Gasteiger partial charge in [0.15, 0.2) is 0 Å². The Morgan fingerprint density at radius 1 is 1.24 bits per heavy atom. The Hall–Kier alpha value is -1.10. The highest BCUT2D eigenvalue weighted by Crippen LogP contribution is 2.25. The van der Waals surface area contributed by atoms with Crippen LogP contribution in [0, 0.1) is 5.41 Å². The summed E-state index contributed by atoms with van der Waals surface area (Å²) < 4.78 is 5.08. The minimum atomic E-state index is -0.864.